The lowest BCUT2D eigenvalue weighted by molar-refractivity contribution is -0.141. The molecule has 0 aromatic rings. The Morgan fingerprint density at radius 3 is 2.00 bits per heavy atom. The molecule has 0 saturated heterocycles. The summed E-state index contributed by atoms with van der Waals surface area (Å²) in [6.45, 7) is 4.80. The predicted octanol–water partition coefficient (Wildman–Crippen LogP) is -1.08. The zero-order valence-corrected chi connectivity index (χ0v) is 8.65. The molecule has 0 radical (unpaired) electrons. The van der Waals surface area contributed by atoms with E-state index in [1.165, 1.54) is 13.8 Å². The molecule has 0 saturated carbocycles. The van der Waals surface area contributed by atoms with Crippen molar-refractivity contribution in [3.8, 4) is 0 Å². The van der Waals surface area contributed by atoms with Gasteiger partial charge in [-0.05, 0) is 20.8 Å². The quantitative estimate of drug-likeness (QED) is 0.469. The SMILES string of the molecule is CCO.C[C@@H](N)C(=O)N[C@H](C)C(=O)O. The molecule has 0 aliphatic heterocycles. The molecule has 5 N–H and O–H groups in total. The molecule has 0 fully saturated rings. The zero-order valence-electron chi connectivity index (χ0n) is 8.65. The van der Waals surface area contributed by atoms with E-state index in [9.17, 15) is 9.59 Å². The van der Waals surface area contributed by atoms with Crippen molar-refractivity contribution < 1.29 is 19.8 Å². The van der Waals surface area contributed by atoms with Crippen LogP contribution in [0.2, 0.25) is 0 Å². The van der Waals surface area contributed by atoms with Crippen LogP contribution in [-0.4, -0.2) is 40.8 Å². The normalized spacial score (nSPS) is 13.2. The number of rotatable bonds is 3. The second-order valence-electron chi connectivity index (χ2n) is 2.67. The number of nitrogens with one attached hydrogen (secondary N) is 1. The van der Waals surface area contributed by atoms with Crippen molar-refractivity contribution in [1.82, 2.24) is 5.32 Å². The van der Waals surface area contributed by atoms with Crippen LogP contribution >= 0.6 is 0 Å². The van der Waals surface area contributed by atoms with E-state index in [1.807, 2.05) is 0 Å². The molecule has 0 bridgehead atoms. The summed E-state index contributed by atoms with van der Waals surface area (Å²) in [5, 5.41) is 18.1. The van der Waals surface area contributed by atoms with E-state index in [0.29, 0.717) is 0 Å². The molecule has 0 spiro atoms. The highest BCUT2D eigenvalue weighted by molar-refractivity contribution is 5.86. The summed E-state index contributed by atoms with van der Waals surface area (Å²) < 4.78 is 0. The number of carboxylic acids is 1. The largest absolute Gasteiger partial charge is 0.480 e. The van der Waals surface area contributed by atoms with Crippen LogP contribution in [0.5, 0.6) is 0 Å². The standard InChI is InChI=1S/C6H12N2O3.C2H6O/c1-3(7)5(9)8-4(2)6(10)11;1-2-3/h3-4H,7H2,1-2H3,(H,8,9)(H,10,11);3H,2H2,1H3/t3-,4-;/m1./s1. The molecule has 6 nitrogen and oxygen atoms in total. The molecule has 0 aromatic heterocycles. The number of carboxylic acid groups (broad SMARTS) is 1. The third kappa shape index (κ3) is 8.95. The van der Waals surface area contributed by atoms with Gasteiger partial charge >= 0.3 is 5.97 Å². The number of aliphatic carboxylic acids is 1. The van der Waals surface area contributed by atoms with Crippen molar-refractivity contribution in [3.05, 3.63) is 0 Å². The second kappa shape index (κ2) is 8.46. The van der Waals surface area contributed by atoms with E-state index in [-0.39, 0.29) is 6.61 Å². The van der Waals surface area contributed by atoms with Gasteiger partial charge in [0, 0.05) is 6.61 Å². The number of carbonyl (C=O) groups is 2. The van der Waals surface area contributed by atoms with E-state index in [4.69, 9.17) is 15.9 Å². The fourth-order valence-electron chi connectivity index (χ4n) is 0.407. The fourth-order valence-corrected chi connectivity index (χ4v) is 0.407. The average molecular weight is 206 g/mol. The Kier molecular flexibility index (Phi) is 9.27. The van der Waals surface area contributed by atoms with E-state index in [2.05, 4.69) is 5.32 Å². The summed E-state index contributed by atoms with van der Waals surface area (Å²) in [4.78, 5) is 21.0. The topological polar surface area (TPSA) is 113 Å². The van der Waals surface area contributed by atoms with Crippen molar-refractivity contribution in [2.24, 2.45) is 5.73 Å². The fraction of sp³-hybridized carbons (Fsp3) is 0.750. The molecule has 0 aromatic carbocycles. The van der Waals surface area contributed by atoms with Crippen molar-refractivity contribution in [2.75, 3.05) is 6.61 Å². The number of amides is 1. The van der Waals surface area contributed by atoms with Gasteiger partial charge in [-0.3, -0.25) is 9.59 Å². The third-order valence-corrected chi connectivity index (χ3v) is 1.14. The highest BCUT2D eigenvalue weighted by Crippen LogP contribution is 1.83. The van der Waals surface area contributed by atoms with E-state index in [0.717, 1.165) is 0 Å². The van der Waals surface area contributed by atoms with Gasteiger partial charge in [-0.1, -0.05) is 0 Å². The molecule has 84 valence electrons. The molecule has 14 heavy (non-hydrogen) atoms. The van der Waals surface area contributed by atoms with Gasteiger partial charge in [0.1, 0.15) is 6.04 Å². The lowest BCUT2D eigenvalue weighted by atomic mass is 10.3. The number of aliphatic hydroxyl groups excluding tert-OH is 1. The second-order valence-corrected chi connectivity index (χ2v) is 2.67. The number of aliphatic hydroxyl groups is 1. The minimum atomic E-state index is -1.07. The molecule has 2 atom stereocenters. The Morgan fingerprint density at radius 2 is 1.79 bits per heavy atom. The summed E-state index contributed by atoms with van der Waals surface area (Å²) in [5.74, 6) is -1.53. The van der Waals surface area contributed by atoms with Crippen LogP contribution in [0, 0.1) is 0 Å². The van der Waals surface area contributed by atoms with Crippen LogP contribution < -0.4 is 11.1 Å². The van der Waals surface area contributed by atoms with Crippen LogP contribution in [0.15, 0.2) is 0 Å². The highest BCUT2D eigenvalue weighted by atomic mass is 16.4. The Bertz CT molecular complexity index is 182. The van der Waals surface area contributed by atoms with Crippen LogP contribution in [0.1, 0.15) is 20.8 Å². The lowest BCUT2D eigenvalue weighted by Gasteiger charge is -2.10. The number of carbonyl (C=O) groups excluding carboxylic acids is 1. The maximum absolute atomic E-state index is 10.8. The maximum atomic E-state index is 10.8. The van der Waals surface area contributed by atoms with Gasteiger partial charge in [0.15, 0.2) is 0 Å². The van der Waals surface area contributed by atoms with Gasteiger partial charge in [0.25, 0.3) is 0 Å². The van der Waals surface area contributed by atoms with Gasteiger partial charge < -0.3 is 21.3 Å². The molecular formula is C8H18N2O4. The Hall–Kier alpha value is -1.14. The molecule has 0 rings (SSSR count). The summed E-state index contributed by atoms with van der Waals surface area (Å²) in [6, 6.07) is -1.55. The van der Waals surface area contributed by atoms with E-state index in [1.54, 1.807) is 6.92 Å². The average Bonchev–Trinajstić information content (AvgIpc) is 2.05. The highest BCUT2D eigenvalue weighted by Gasteiger charge is 2.15. The first-order valence-electron chi connectivity index (χ1n) is 4.26. The van der Waals surface area contributed by atoms with Crippen molar-refractivity contribution in [2.45, 2.75) is 32.9 Å². The number of hydrogen-bond donors (Lipinski definition) is 4. The first-order chi connectivity index (χ1) is 6.36. The first kappa shape index (κ1) is 15.3. The monoisotopic (exact) mass is 206 g/mol. The van der Waals surface area contributed by atoms with Crippen LogP contribution in [0.25, 0.3) is 0 Å². The minimum absolute atomic E-state index is 0.250. The molecule has 0 unspecified atom stereocenters. The minimum Gasteiger partial charge on any atom is -0.480 e. The lowest BCUT2D eigenvalue weighted by Crippen LogP contribution is -2.45. The van der Waals surface area contributed by atoms with Crippen LogP contribution in [-0.2, 0) is 9.59 Å². The van der Waals surface area contributed by atoms with Crippen LogP contribution in [0.3, 0.4) is 0 Å². The Morgan fingerprint density at radius 1 is 1.43 bits per heavy atom. The Balaban J connectivity index is 0. The summed E-state index contributed by atoms with van der Waals surface area (Å²) in [6.07, 6.45) is 0. The maximum Gasteiger partial charge on any atom is 0.325 e. The van der Waals surface area contributed by atoms with Crippen molar-refractivity contribution in [1.29, 1.82) is 0 Å². The van der Waals surface area contributed by atoms with Crippen molar-refractivity contribution in [3.63, 3.8) is 0 Å². The van der Waals surface area contributed by atoms with Gasteiger partial charge in [-0.2, -0.15) is 0 Å². The molecule has 0 aliphatic rings. The number of nitrogens with two attached hydrogens (primary N) is 1. The number of hydrogen-bond acceptors (Lipinski definition) is 4. The zero-order chi connectivity index (χ0) is 11.7. The van der Waals surface area contributed by atoms with Gasteiger partial charge in [0.05, 0.1) is 6.04 Å². The van der Waals surface area contributed by atoms with Gasteiger partial charge in [-0.15, -0.1) is 0 Å². The van der Waals surface area contributed by atoms with E-state index < -0.39 is 24.0 Å². The predicted molar refractivity (Wildman–Crippen MR) is 51.6 cm³/mol. The van der Waals surface area contributed by atoms with Gasteiger partial charge in [-0.25, -0.2) is 0 Å². The molecule has 1 amide bonds. The third-order valence-electron chi connectivity index (χ3n) is 1.14. The summed E-state index contributed by atoms with van der Waals surface area (Å²) >= 11 is 0. The molecule has 0 heterocycles. The molecule has 6 heteroatoms. The molecular weight excluding hydrogens is 188 g/mol. The Labute approximate surface area is 83.1 Å². The first-order valence-corrected chi connectivity index (χ1v) is 4.26. The van der Waals surface area contributed by atoms with Crippen molar-refractivity contribution >= 4 is 11.9 Å². The van der Waals surface area contributed by atoms with E-state index >= 15 is 0 Å². The smallest absolute Gasteiger partial charge is 0.325 e. The summed E-state index contributed by atoms with van der Waals surface area (Å²) in [5.41, 5.74) is 5.18. The molecule has 0 aliphatic carbocycles. The van der Waals surface area contributed by atoms with Crippen LogP contribution in [0.4, 0.5) is 0 Å². The van der Waals surface area contributed by atoms with Gasteiger partial charge in [0.2, 0.25) is 5.91 Å². The summed E-state index contributed by atoms with van der Waals surface area (Å²) in [7, 11) is 0.